The minimum Gasteiger partial charge on any atom is -0.356 e. The molecule has 3 aromatic rings. The average Bonchev–Trinajstić information content (AvgIpc) is 3.45. The average molecular weight is 426 g/mol. The van der Waals surface area contributed by atoms with E-state index in [2.05, 4.69) is 38.9 Å². The fourth-order valence-electron chi connectivity index (χ4n) is 3.72. The molecule has 0 unspecified atom stereocenters. The number of rotatable bonds is 6. The second kappa shape index (κ2) is 8.83. The molecule has 158 valence electrons. The standard InChI is InChI=1S/C21H27N7OS/c1-4-26(5-2)19-8-9-20(23-22-19)27-10-12-28(13-11-27)21(29)17-15-16(24-25(17)3)18-7-6-14-30-18/h6-9,14-15H,4-5,10-13H2,1-3H3. The molecule has 0 aromatic carbocycles. The van der Waals surface area contributed by atoms with Crippen LogP contribution in [-0.4, -0.2) is 70.1 Å². The van der Waals surface area contributed by atoms with Gasteiger partial charge in [-0.2, -0.15) is 5.10 Å². The molecule has 1 amide bonds. The number of nitrogens with zero attached hydrogens (tertiary/aromatic N) is 7. The number of carbonyl (C=O) groups is 1. The van der Waals surface area contributed by atoms with Gasteiger partial charge in [-0.05, 0) is 43.5 Å². The van der Waals surface area contributed by atoms with Crippen LogP contribution in [0.3, 0.4) is 0 Å². The Morgan fingerprint density at radius 2 is 1.87 bits per heavy atom. The number of piperazine rings is 1. The zero-order chi connectivity index (χ0) is 21.1. The molecule has 1 saturated heterocycles. The van der Waals surface area contributed by atoms with Crippen molar-refractivity contribution in [2.45, 2.75) is 13.8 Å². The fourth-order valence-corrected chi connectivity index (χ4v) is 4.40. The molecule has 1 fully saturated rings. The fraction of sp³-hybridized carbons (Fsp3) is 0.429. The van der Waals surface area contributed by atoms with Crippen LogP contribution in [-0.2, 0) is 7.05 Å². The van der Waals surface area contributed by atoms with E-state index in [0.717, 1.165) is 48.4 Å². The SMILES string of the molecule is CCN(CC)c1ccc(N2CCN(C(=O)c3cc(-c4cccs4)nn3C)CC2)nn1. The summed E-state index contributed by atoms with van der Waals surface area (Å²) in [5.74, 6) is 1.78. The van der Waals surface area contributed by atoms with Gasteiger partial charge in [-0.3, -0.25) is 9.48 Å². The first-order valence-corrected chi connectivity index (χ1v) is 11.2. The van der Waals surface area contributed by atoms with E-state index in [4.69, 9.17) is 0 Å². The van der Waals surface area contributed by atoms with Crippen molar-refractivity contribution in [2.24, 2.45) is 7.05 Å². The number of thiophene rings is 1. The second-order valence-electron chi connectivity index (χ2n) is 7.22. The van der Waals surface area contributed by atoms with Crippen molar-refractivity contribution in [1.82, 2.24) is 24.9 Å². The summed E-state index contributed by atoms with van der Waals surface area (Å²) in [6.07, 6.45) is 0. The molecule has 3 aromatic heterocycles. The van der Waals surface area contributed by atoms with Crippen molar-refractivity contribution in [3.05, 3.63) is 41.4 Å². The smallest absolute Gasteiger partial charge is 0.272 e. The maximum absolute atomic E-state index is 13.0. The quantitative estimate of drug-likeness (QED) is 0.605. The van der Waals surface area contributed by atoms with E-state index < -0.39 is 0 Å². The molecule has 0 bridgehead atoms. The van der Waals surface area contributed by atoms with E-state index in [9.17, 15) is 4.79 Å². The Balaban J connectivity index is 1.39. The van der Waals surface area contributed by atoms with Crippen LogP contribution in [0, 0.1) is 0 Å². The van der Waals surface area contributed by atoms with Gasteiger partial charge in [0.05, 0.1) is 4.88 Å². The van der Waals surface area contributed by atoms with Gasteiger partial charge in [0.25, 0.3) is 5.91 Å². The van der Waals surface area contributed by atoms with Crippen molar-refractivity contribution in [3.63, 3.8) is 0 Å². The highest BCUT2D eigenvalue weighted by molar-refractivity contribution is 7.13. The van der Waals surface area contributed by atoms with Gasteiger partial charge in [0.1, 0.15) is 11.4 Å². The molecule has 0 atom stereocenters. The first-order chi connectivity index (χ1) is 14.6. The zero-order valence-corrected chi connectivity index (χ0v) is 18.5. The molecule has 9 heteroatoms. The van der Waals surface area contributed by atoms with E-state index >= 15 is 0 Å². The summed E-state index contributed by atoms with van der Waals surface area (Å²) >= 11 is 1.63. The Morgan fingerprint density at radius 3 is 2.47 bits per heavy atom. The first kappa shape index (κ1) is 20.3. The lowest BCUT2D eigenvalue weighted by Gasteiger charge is -2.35. The monoisotopic (exact) mass is 425 g/mol. The van der Waals surface area contributed by atoms with Gasteiger partial charge in [-0.1, -0.05) is 6.07 Å². The van der Waals surface area contributed by atoms with E-state index in [1.807, 2.05) is 47.7 Å². The van der Waals surface area contributed by atoms with Gasteiger partial charge in [0, 0.05) is 46.3 Å². The van der Waals surface area contributed by atoms with Gasteiger partial charge in [-0.25, -0.2) is 0 Å². The Bertz CT molecular complexity index is 971. The van der Waals surface area contributed by atoms with Gasteiger partial charge in [0.2, 0.25) is 0 Å². The lowest BCUT2D eigenvalue weighted by Crippen LogP contribution is -2.49. The maximum Gasteiger partial charge on any atom is 0.272 e. The number of carbonyl (C=O) groups excluding carboxylic acids is 1. The molecule has 0 saturated carbocycles. The minimum atomic E-state index is 0.0235. The van der Waals surface area contributed by atoms with Crippen LogP contribution in [0.1, 0.15) is 24.3 Å². The molecule has 4 rings (SSSR count). The van der Waals surface area contributed by atoms with E-state index in [1.54, 1.807) is 16.0 Å². The third-order valence-electron chi connectivity index (χ3n) is 5.49. The maximum atomic E-state index is 13.0. The Morgan fingerprint density at radius 1 is 1.10 bits per heavy atom. The molecule has 0 spiro atoms. The molecule has 0 aliphatic carbocycles. The Labute approximate surface area is 180 Å². The third kappa shape index (κ3) is 4.02. The van der Waals surface area contributed by atoms with Crippen molar-refractivity contribution >= 4 is 28.9 Å². The third-order valence-corrected chi connectivity index (χ3v) is 6.38. The molecule has 0 N–H and O–H groups in total. The molecule has 1 aliphatic rings. The van der Waals surface area contributed by atoms with Crippen LogP contribution >= 0.6 is 11.3 Å². The van der Waals surface area contributed by atoms with Gasteiger partial charge in [0.15, 0.2) is 11.6 Å². The van der Waals surface area contributed by atoms with Crippen molar-refractivity contribution < 1.29 is 4.79 Å². The van der Waals surface area contributed by atoms with Crippen LogP contribution in [0.2, 0.25) is 0 Å². The second-order valence-corrected chi connectivity index (χ2v) is 8.16. The van der Waals surface area contributed by atoms with Crippen LogP contribution in [0.25, 0.3) is 10.6 Å². The van der Waals surface area contributed by atoms with Crippen LogP contribution < -0.4 is 9.80 Å². The zero-order valence-electron chi connectivity index (χ0n) is 17.7. The van der Waals surface area contributed by atoms with Crippen LogP contribution in [0.15, 0.2) is 35.7 Å². The summed E-state index contributed by atoms with van der Waals surface area (Å²) in [7, 11) is 1.83. The van der Waals surface area contributed by atoms with Crippen molar-refractivity contribution in [3.8, 4) is 10.6 Å². The predicted molar refractivity (Wildman–Crippen MR) is 120 cm³/mol. The molecule has 0 radical (unpaired) electrons. The van der Waals surface area contributed by atoms with E-state index in [1.165, 1.54) is 0 Å². The summed E-state index contributed by atoms with van der Waals surface area (Å²) in [4.78, 5) is 20.4. The largest absolute Gasteiger partial charge is 0.356 e. The van der Waals surface area contributed by atoms with Gasteiger partial charge in [-0.15, -0.1) is 21.5 Å². The predicted octanol–water partition coefficient (Wildman–Crippen LogP) is 2.75. The van der Waals surface area contributed by atoms with Crippen LogP contribution in [0.4, 0.5) is 11.6 Å². The lowest BCUT2D eigenvalue weighted by molar-refractivity contribution is 0.0735. The van der Waals surface area contributed by atoms with Crippen molar-refractivity contribution in [2.75, 3.05) is 49.1 Å². The number of hydrogen-bond donors (Lipinski definition) is 0. The highest BCUT2D eigenvalue weighted by Gasteiger charge is 2.26. The van der Waals surface area contributed by atoms with Gasteiger partial charge < -0.3 is 14.7 Å². The highest BCUT2D eigenvalue weighted by Crippen LogP contribution is 2.25. The Hall–Kier alpha value is -2.94. The number of amides is 1. The summed E-state index contributed by atoms with van der Waals surface area (Å²) in [6.45, 7) is 8.82. The normalized spacial score (nSPS) is 14.2. The van der Waals surface area contributed by atoms with E-state index in [-0.39, 0.29) is 5.91 Å². The summed E-state index contributed by atoms with van der Waals surface area (Å²) in [5.41, 5.74) is 1.47. The minimum absolute atomic E-state index is 0.0235. The highest BCUT2D eigenvalue weighted by atomic mass is 32.1. The number of aryl methyl sites for hydroxylation is 1. The van der Waals surface area contributed by atoms with E-state index in [0.29, 0.717) is 18.8 Å². The number of hydrogen-bond acceptors (Lipinski definition) is 7. The lowest BCUT2D eigenvalue weighted by atomic mass is 10.2. The molecule has 4 heterocycles. The first-order valence-electron chi connectivity index (χ1n) is 10.3. The van der Waals surface area contributed by atoms with Gasteiger partial charge >= 0.3 is 0 Å². The summed E-state index contributed by atoms with van der Waals surface area (Å²) in [5, 5.41) is 15.3. The number of anilines is 2. The van der Waals surface area contributed by atoms with Crippen LogP contribution in [0.5, 0.6) is 0 Å². The molecule has 8 nitrogen and oxygen atoms in total. The molecule has 30 heavy (non-hydrogen) atoms. The molecule has 1 aliphatic heterocycles. The Kier molecular flexibility index (Phi) is 5.98. The molecular weight excluding hydrogens is 398 g/mol. The van der Waals surface area contributed by atoms with Crippen molar-refractivity contribution in [1.29, 1.82) is 0 Å². The molecular formula is C21H27N7OS. The topological polar surface area (TPSA) is 70.4 Å². The number of aromatic nitrogens is 4. The summed E-state index contributed by atoms with van der Waals surface area (Å²) in [6, 6.07) is 9.94. The summed E-state index contributed by atoms with van der Waals surface area (Å²) < 4.78 is 1.68.